The molecule has 0 aliphatic carbocycles. The zero-order valence-electron chi connectivity index (χ0n) is 9.06. The molecule has 0 bridgehead atoms. The first kappa shape index (κ1) is 11.5. The van der Waals surface area contributed by atoms with E-state index < -0.39 is 0 Å². The quantitative estimate of drug-likeness (QED) is 0.825. The van der Waals surface area contributed by atoms with E-state index in [0.29, 0.717) is 17.4 Å². The lowest BCUT2D eigenvalue weighted by atomic mass is 10.1. The van der Waals surface area contributed by atoms with Crippen molar-refractivity contribution in [3.8, 4) is 0 Å². The average Bonchev–Trinajstić information content (AvgIpc) is 2.49. The average molecular weight is 242 g/mol. The van der Waals surface area contributed by atoms with Gasteiger partial charge in [-0.3, -0.25) is 9.59 Å². The number of thioether (sulfide) groups is 1. The second-order valence-corrected chi connectivity index (χ2v) is 4.94. The number of carbonyl (C=O) groups excluding carboxylic acids is 1. The molecule has 0 aromatic carbocycles. The first-order valence-corrected chi connectivity index (χ1v) is 6.34. The van der Waals surface area contributed by atoms with Crippen molar-refractivity contribution in [2.45, 2.75) is 6.92 Å². The number of aryl methyl sites for hydroxylation is 1. The fourth-order valence-corrected chi connectivity index (χ4v) is 2.44. The summed E-state index contributed by atoms with van der Waals surface area (Å²) in [6, 6.07) is 1.32. The monoisotopic (exact) mass is 242 g/mol. The standard InChI is InChI=1S/C10H14N2O3S/c1-7-2-9(13)12(15-7)10(14)6-16-5-8-3-11-4-8/h2,8,11H,3-6H2,1H3. The fraction of sp³-hybridized carbons (Fsp3) is 0.600. The molecule has 1 aliphatic rings. The molecule has 2 rings (SSSR count). The molecule has 1 aromatic rings. The maximum Gasteiger partial charge on any atom is 0.290 e. The van der Waals surface area contributed by atoms with E-state index in [1.165, 1.54) is 6.07 Å². The summed E-state index contributed by atoms with van der Waals surface area (Å²) in [4.78, 5) is 22.9. The van der Waals surface area contributed by atoms with Crippen LogP contribution in [0.4, 0.5) is 0 Å². The minimum atomic E-state index is -0.381. The molecule has 16 heavy (non-hydrogen) atoms. The van der Waals surface area contributed by atoms with E-state index in [4.69, 9.17) is 4.52 Å². The van der Waals surface area contributed by atoms with Gasteiger partial charge >= 0.3 is 0 Å². The minimum absolute atomic E-state index is 0.282. The van der Waals surface area contributed by atoms with Gasteiger partial charge in [-0.25, -0.2) is 0 Å². The van der Waals surface area contributed by atoms with Crippen LogP contribution in [-0.4, -0.2) is 35.2 Å². The van der Waals surface area contributed by atoms with Crippen LogP contribution in [0.3, 0.4) is 0 Å². The number of hydrogen-bond acceptors (Lipinski definition) is 5. The molecule has 5 nitrogen and oxygen atoms in total. The molecule has 0 saturated carbocycles. The summed E-state index contributed by atoms with van der Waals surface area (Å²) in [6.45, 7) is 3.71. The summed E-state index contributed by atoms with van der Waals surface area (Å²) >= 11 is 1.55. The van der Waals surface area contributed by atoms with E-state index in [2.05, 4.69) is 5.32 Å². The highest BCUT2D eigenvalue weighted by Crippen LogP contribution is 2.12. The van der Waals surface area contributed by atoms with Gasteiger partial charge in [-0.2, -0.15) is 11.8 Å². The normalized spacial score (nSPS) is 16.1. The van der Waals surface area contributed by atoms with Crippen LogP contribution in [0.1, 0.15) is 10.6 Å². The highest BCUT2D eigenvalue weighted by molar-refractivity contribution is 7.99. The van der Waals surface area contributed by atoms with Gasteiger partial charge in [0.15, 0.2) is 0 Å². The summed E-state index contributed by atoms with van der Waals surface area (Å²) in [5.41, 5.74) is -0.381. The second-order valence-electron chi connectivity index (χ2n) is 3.91. The summed E-state index contributed by atoms with van der Waals surface area (Å²) < 4.78 is 5.84. The van der Waals surface area contributed by atoms with Crippen molar-refractivity contribution in [1.82, 2.24) is 10.1 Å². The van der Waals surface area contributed by atoms with E-state index in [1.807, 2.05) is 0 Å². The van der Waals surface area contributed by atoms with Crippen molar-refractivity contribution in [3.05, 3.63) is 22.2 Å². The van der Waals surface area contributed by atoms with Gasteiger partial charge in [0.1, 0.15) is 5.76 Å². The van der Waals surface area contributed by atoms with Crippen molar-refractivity contribution in [1.29, 1.82) is 0 Å². The van der Waals surface area contributed by atoms with Crippen LogP contribution in [-0.2, 0) is 0 Å². The predicted molar refractivity (Wildman–Crippen MR) is 62.0 cm³/mol. The molecule has 0 amide bonds. The predicted octanol–water partition coefficient (Wildman–Crippen LogP) is 0.343. The molecule has 1 saturated heterocycles. The van der Waals surface area contributed by atoms with Crippen LogP contribution in [0.5, 0.6) is 0 Å². The van der Waals surface area contributed by atoms with E-state index in [0.717, 1.165) is 23.6 Å². The number of carbonyl (C=O) groups is 1. The second kappa shape index (κ2) is 4.88. The molecule has 88 valence electrons. The summed E-state index contributed by atoms with van der Waals surface area (Å²) in [7, 11) is 0. The molecule has 1 N–H and O–H groups in total. The Morgan fingerprint density at radius 3 is 2.94 bits per heavy atom. The Morgan fingerprint density at radius 2 is 2.44 bits per heavy atom. The van der Waals surface area contributed by atoms with E-state index in [-0.39, 0.29) is 11.5 Å². The summed E-state index contributed by atoms with van der Waals surface area (Å²) in [6.07, 6.45) is 0. The van der Waals surface area contributed by atoms with Crippen molar-refractivity contribution in [2.24, 2.45) is 5.92 Å². The first-order valence-electron chi connectivity index (χ1n) is 5.18. The van der Waals surface area contributed by atoms with Crippen LogP contribution in [0, 0.1) is 12.8 Å². The molecule has 1 aliphatic heterocycles. The van der Waals surface area contributed by atoms with Crippen LogP contribution in [0.15, 0.2) is 15.4 Å². The number of rotatable bonds is 4. The third kappa shape index (κ3) is 2.56. The van der Waals surface area contributed by atoms with Gasteiger partial charge in [-0.1, -0.05) is 0 Å². The Balaban J connectivity index is 1.83. The zero-order chi connectivity index (χ0) is 11.5. The number of nitrogens with zero attached hydrogens (tertiary/aromatic N) is 1. The van der Waals surface area contributed by atoms with E-state index in [1.54, 1.807) is 18.7 Å². The van der Waals surface area contributed by atoms with Gasteiger partial charge in [-0.15, -0.1) is 4.74 Å². The maximum absolute atomic E-state index is 11.6. The third-order valence-corrected chi connectivity index (χ3v) is 3.59. The molecule has 2 heterocycles. The molecule has 6 heteroatoms. The largest absolute Gasteiger partial charge is 0.373 e. The molecular formula is C10H14N2O3S. The Bertz CT molecular complexity index is 434. The molecule has 0 radical (unpaired) electrons. The van der Waals surface area contributed by atoms with Gasteiger partial charge in [-0.05, 0) is 31.7 Å². The Kier molecular flexibility index (Phi) is 3.50. The Hall–Kier alpha value is -1.01. The summed E-state index contributed by atoms with van der Waals surface area (Å²) in [5, 5.41) is 3.17. The lowest BCUT2D eigenvalue weighted by Gasteiger charge is -2.26. The van der Waals surface area contributed by atoms with Crippen molar-refractivity contribution >= 4 is 17.7 Å². The van der Waals surface area contributed by atoms with Crippen LogP contribution < -0.4 is 10.9 Å². The number of hydrogen-bond donors (Lipinski definition) is 1. The molecule has 0 spiro atoms. The van der Waals surface area contributed by atoms with E-state index >= 15 is 0 Å². The van der Waals surface area contributed by atoms with Gasteiger partial charge in [0.2, 0.25) is 0 Å². The number of nitrogens with one attached hydrogen (secondary N) is 1. The Labute approximate surface area is 97.2 Å². The lowest BCUT2D eigenvalue weighted by Crippen LogP contribution is -2.43. The topological polar surface area (TPSA) is 64.2 Å². The van der Waals surface area contributed by atoms with E-state index in [9.17, 15) is 9.59 Å². The lowest BCUT2D eigenvalue weighted by molar-refractivity contribution is 0.0813. The molecule has 1 aromatic heterocycles. The first-order chi connectivity index (χ1) is 7.66. The third-order valence-electron chi connectivity index (χ3n) is 2.43. The van der Waals surface area contributed by atoms with Crippen molar-refractivity contribution in [2.75, 3.05) is 24.6 Å². The van der Waals surface area contributed by atoms with Gasteiger partial charge < -0.3 is 9.84 Å². The zero-order valence-corrected chi connectivity index (χ0v) is 9.88. The van der Waals surface area contributed by atoms with Crippen LogP contribution in [0.2, 0.25) is 0 Å². The van der Waals surface area contributed by atoms with Gasteiger partial charge in [0, 0.05) is 6.07 Å². The fourth-order valence-electron chi connectivity index (χ4n) is 1.46. The van der Waals surface area contributed by atoms with Crippen molar-refractivity contribution < 1.29 is 9.32 Å². The molecule has 1 fully saturated rings. The van der Waals surface area contributed by atoms with Gasteiger partial charge in [0.05, 0.1) is 5.75 Å². The van der Waals surface area contributed by atoms with Crippen LogP contribution in [0.25, 0.3) is 0 Å². The smallest absolute Gasteiger partial charge is 0.290 e. The highest BCUT2D eigenvalue weighted by Gasteiger charge is 2.18. The maximum atomic E-state index is 11.6. The van der Waals surface area contributed by atoms with Crippen molar-refractivity contribution in [3.63, 3.8) is 0 Å². The Morgan fingerprint density at radius 1 is 1.69 bits per heavy atom. The van der Waals surface area contributed by atoms with Crippen LogP contribution >= 0.6 is 11.8 Å². The van der Waals surface area contributed by atoms with Gasteiger partial charge in [0.25, 0.3) is 11.5 Å². The summed E-state index contributed by atoms with van der Waals surface area (Å²) in [5.74, 6) is 2.09. The molecule has 0 unspecified atom stereocenters. The SMILES string of the molecule is Cc1cc(=O)n(C(=O)CSCC2CNC2)o1. The highest BCUT2D eigenvalue weighted by atomic mass is 32.2. The number of aromatic nitrogens is 1. The minimum Gasteiger partial charge on any atom is -0.373 e. The molecule has 0 atom stereocenters. The molecular weight excluding hydrogens is 228 g/mol.